The summed E-state index contributed by atoms with van der Waals surface area (Å²) in [6.45, 7) is 0. The zero-order chi connectivity index (χ0) is 30.2. The number of methoxy groups -OCH3 is 6. The van der Waals surface area contributed by atoms with Gasteiger partial charge in [0.1, 0.15) is 0 Å². The van der Waals surface area contributed by atoms with E-state index in [1.807, 2.05) is 30.3 Å². The van der Waals surface area contributed by atoms with Crippen molar-refractivity contribution in [3.8, 4) is 45.6 Å². The number of carbonyl (C=O) groups is 2. The van der Waals surface area contributed by atoms with Gasteiger partial charge in [-0.2, -0.15) is 0 Å². The number of rotatable bonds is 13. The highest BCUT2D eigenvalue weighted by molar-refractivity contribution is 6.49. The van der Waals surface area contributed by atoms with Crippen LogP contribution in [0.25, 0.3) is 11.1 Å². The molecular formula is C34H34O8. The van der Waals surface area contributed by atoms with Gasteiger partial charge >= 0.3 is 0 Å². The molecule has 0 aromatic heterocycles. The number of ether oxygens (including phenoxy) is 6. The SMILES string of the molecule is COc1cc(CCc2cccc(-c3cccc(C(=O)C(=O)c4cc(OC)c(OC)c(OC)c4)c3)c2)cc(OC)c1OC. The Bertz CT molecular complexity index is 1540. The second-order valence-corrected chi connectivity index (χ2v) is 9.39. The summed E-state index contributed by atoms with van der Waals surface area (Å²) in [4.78, 5) is 26.5. The van der Waals surface area contributed by atoms with Gasteiger partial charge in [-0.05, 0) is 65.4 Å². The van der Waals surface area contributed by atoms with Crippen LogP contribution in [0.5, 0.6) is 34.5 Å². The molecule has 0 aliphatic rings. The first kappa shape index (κ1) is 30.0. The first-order chi connectivity index (χ1) is 20.4. The van der Waals surface area contributed by atoms with Crippen molar-refractivity contribution in [3.05, 3.63) is 95.1 Å². The fraction of sp³-hybridized carbons (Fsp3) is 0.235. The van der Waals surface area contributed by atoms with E-state index < -0.39 is 11.6 Å². The molecule has 0 aliphatic carbocycles. The molecule has 0 bridgehead atoms. The van der Waals surface area contributed by atoms with Crippen molar-refractivity contribution >= 4 is 11.6 Å². The van der Waals surface area contributed by atoms with E-state index in [0.717, 1.165) is 35.1 Å². The minimum Gasteiger partial charge on any atom is -0.493 e. The van der Waals surface area contributed by atoms with Crippen molar-refractivity contribution in [1.29, 1.82) is 0 Å². The Morgan fingerprint density at radius 3 is 1.45 bits per heavy atom. The lowest BCUT2D eigenvalue weighted by molar-refractivity contribution is 0.0816. The van der Waals surface area contributed by atoms with Crippen LogP contribution < -0.4 is 28.4 Å². The molecule has 0 saturated carbocycles. The summed E-state index contributed by atoms with van der Waals surface area (Å²) in [7, 11) is 9.16. The summed E-state index contributed by atoms with van der Waals surface area (Å²) in [6.07, 6.45) is 1.52. The molecule has 8 heteroatoms. The summed E-state index contributed by atoms with van der Waals surface area (Å²) in [6, 6.07) is 22.0. The molecule has 0 amide bonds. The average molecular weight is 571 g/mol. The Balaban J connectivity index is 1.55. The molecule has 218 valence electrons. The van der Waals surface area contributed by atoms with Gasteiger partial charge in [-0.1, -0.05) is 42.5 Å². The van der Waals surface area contributed by atoms with E-state index in [9.17, 15) is 9.59 Å². The average Bonchev–Trinajstić information content (AvgIpc) is 3.05. The van der Waals surface area contributed by atoms with Crippen molar-refractivity contribution in [1.82, 2.24) is 0 Å². The van der Waals surface area contributed by atoms with Crippen LogP contribution in [0.15, 0.2) is 72.8 Å². The molecule has 0 atom stereocenters. The maximum Gasteiger partial charge on any atom is 0.233 e. The lowest BCUT2D eigenvalue weighted by Crippen LogP contribution is -2.15. The molecule has 0 fully saturated rings. The highest BCUT2D eigenvalue weighted by Crippen LogP contribution is 2.39. The molecule has 0 N–H and O–H groups in total. The predicted octanol–water partition coefficient (Wildman–Crippen LogP) is 6.26. The second kappa shape index (κ2) is 13.6. The van der Waals surface area contributed by atoms with E-state index >= 15 is 0 Å². The molecule has 4 aromatic carbocycles. The predicted molar refractivity (Wildman–Crippen MR) is 160 cm³/mol. The lowest BCUT2D eigenvalue weighted by atomic mass is 9.95. The van der Waals surface area contributed by atoms with E-state index in [0.29, 0.717) is 34.5 Å². The van der Waals surface area contributed by atoms with Gasteiger partial charge in [-0.3, -0.25) is 9.59 Å². The quantitative estimate of drug-likeness (QED) is 0.138. The fourth-order valence-corrected chi connectivity index (χ4v) is 4.79. The van der Waals surface area contributed by atoms with Crippen molar-refractivity contribution in [2.24, 2.45) is 0 Å². The molecule has 0 unspecified atom stereocenters. The van der Waals surface area contributed by atoms with Crippen molar-refractivity contribution in [3.63, 3.8) is 0 Å². The number of ketones is 2. The summed E-state index contributed by atoms with van der Waals surface area (Å²) < 4.78 is 32.4. The number of benzene rings is 4. The van der Waals surface area contributed by atoms with Crippen LogP contribution in [0.2, 0.25) is 0 Å². The van der Waals surface area contributed by atoms with Crippen LogP contribution in [0.1, 0.15) is 31.8 Å². The van der Waals surface area contributed by atoms with E-state index in [4.69, 9.17) is 28.4 Å². The van der Waals surface area contributed by atoms with Crippen molar-refractivity contribution in [2.45, 2.75) is 12.8 Å². The monoisotopic (exact) mass is 570 g/mol. The lowest BCUT2D eigenvalue weighted by Gasteiger charge is -2.14. The van der Waals surface area contributed by atoms with E-state index in [-0.39, 0.29) is 11.1 Å². The number of hydrogen-bond donors (Lipinski definition) is 0. The smallest absolute Gasteiger partial charge is 0.233 e. The molecule has 0 radical (unpaired) electrons. The molecular weight excluding hydrogens is 536 g/mol. The Morgan fingerprint density at radius 2 is 0.929 bits per heavy atom. The normalized spacial score (nSPS) is 10.5. The van der Waals surface area contributed by atoms with Crippen LogP contribution in [0.4, 0.5) is 0 Å². The van der Waals surface area contributed by atoms with E-state index in [2.05, 4.69) is 12.1 Å². The van der Waals surface area contributed by atoms with E-state index in [1.165, 1.54) is 33.5 Å². The molecule has 0 spiro atoms. The minimum atomic E-state index is -0.675. The Morgan fingerprint density at radius 1 is 0.476 bits per heavy atom. The number of aryl methyl sites for hydroxylation is 2. The van der Waals surface area contributed by atoms with Gasteiger partial charge in [-0.15, -0.1) is 0 Å². The molecule has 8 nitrogen and oxygen atoms in total. The highest BCUT2D eigenvalue weighted by atomic mass is 16.5. The Hall–Kier alpha value is -4.98. The van der Waals surface area contributed by atoms with Gasteiger partial charge in [0, 0.05) is 11.1 Å². The maximum atomic E-state index is 13.3. The zero-order valence-corrected chi connectivity index (χ0v) is 24.6. The molecule has 4 aromatic rings. The Labute approximate surface area is 245 Å². The van der Waals surface area contributed by atoms with Crippen LogP contribution in [-0.4, -0.2) is 54.2 Å². The third-order valence-electron chi connectivity index (χ3n) is 6.95. The summed E-state index contributed by atoms with van der Waals surface area (Å²) >= 11 is 0. The summed E-state index contributed by atoms with van der Waals surface area (Å²) in [5.41, 5.74) is 4.36. The number of Topliss-reactive ketones (excluding diaryl/α,β-unsaturated/α-hetero) is 2. The zero-order valence-electron chi connectivity index (χ0n) is 24.6. The van der Waals surface area contributed by atoms with Gasteiger partial charge in [0.15, 0.2) is 23.0 Å². The minimum absolute atomic E-state index is 0.147. The first-order valence-corrected chi connectivity index (χ1v) is 13.2. The van der Waals surface area contributed by atoms with E-state index in [1.54, 1.807) is 39.5 Å². The summed E-state index contributed by atoms with van der Waals surface area (Å²) in [5, 5.41) is 0. The van der Waals surface area contributed by atoms with Crippen LogP contribution >= 0.6 is 0 Å². The van der Waals surface area contributed by atoms with Crippen LogP contribution in [0, 0.1) is 0 Å². The van der Waals surface area contributed by atoms with Gasteiger partial charge in [0.25, 0.3) is 0 Å². The van der Waals surface area contributed by atoms with Crippen LogP contribution in [0.3, 0.4) is 0 Å². The third kappa shape index (κ3) is 6.33. The van der Waals surface area contributed by atoms with Gasteiger partial charge in [-0.25, -0.2) is 0 Å². The molecule has 0 heterocycles. The first-order valence-electron chi connectivity index (χ1n) is 13.2. The topological polar surface area (TPSA) is 89.5 Å². The number of hydrogen-bond acceptors (Lipinski definition) is 8. The standard InChI is InChI=1S/C34H34O8/c1-37-27-16-22(17-28(38-2)33(27)41-5)14-13-21-9-7-10-23(15-21)24-11-8-12-25(18-24)31(35)32(36)26-19-29(39-3)34(42-6)30(20-26)40-4/h7-12,15-20H,13-14H2,1-6H3. The second-order valence-electron chi connectivity index (χ2n) is 9.39. The van der Waals surface area contributed by atoms with Gasteiger partial charge in [0.05, 0.1) is 42.7 Å². The van der Waals surface area contributed by atoms with Crippen LogP contribution in [-0.2, 0) is 12.8 Å². The Kier molecular flexibility index (Phi) is 9.70. The largest absolute Gasteiger partial charge is 0.493 e. The molecule has 4 rings (SSSR count). The van der Waals surface area contributed by atoms with Crippen molar-refractivity contribution in [2.75, 3.05) is 42.7 Å². The third-order valence-corrected chi connectivity index (χ3v) is 6.95. The maximum absolute atomic E-state index is 13.3. The molecule has 42 heavy (non-hydrogen) atoms. The number of carbonyl (C=O) groups excluding carboxylic acids is 2. The summed E-state index contributed by atoms with van der Waals surface area (Å²) in [5.74, 6) is 1.41. The van der Waals surface area contributed by atoms with Gasteiger partial charge in [0.2, 0.25) is 23.1 Å². The van der Waals surface area contributed by atoms with Gasteiger partial charge < -0.3 is 28.4 Å². The van der Waals surface area contributed by atoms with Crippen molar-refractivity contribution < 1.29 is 38.0 Å². The highest BCUT2D eigenvalue weighted by Gasteiger charge is 2.23. The fourth-order valence-electron chi connectivity index (χ4n) is 4.79. The molecule has 0 saturated heterocycles. The molecule has 0 aliphatic heterocycles.